The van der Waals surface area contributed by atoms with Gasteiger partial charge in [-0.1, -0.05) is 52.3 Å². The third kappa shape index (κ3) is 10.1. The standard InChI is InChI=1S/C6H6.C3H7BrS/c1-2-4-6-5-3-1;4-2-1-3-5/h1-6H;5H,1-3H2. The van der Waals surface area contributed by atoms with Crippen LogP contribution in [0.15, 0.2) is 36.4 Å². The summed E-state index contributed by atoms with van der Waals surface area (Å²) in [6.45, 7) is 0. The van der Waals surface area contributed by atoms with Gasteiger partial charge in [0.15, 0.2) is 0 Å². The van der Waals surface area contributed by atoms with E-state index in [1.54, 1.807) is 0 Å². The molecule has 1 aromatic carbocycles. The van der Waals surface area contributed by atoms with Crippen LogP contribution in [0, 0.1) is 0 Å². The Morgan fingerprint density at radius 1 is 0.909 bits per heavy atom. The van der Waals surface area contributed by atoms with Crippen molar-refractivity contribution < 1.29 is 0 Å². The normalized spacial score (nSPS) is 8.18. The Morgan fingerprint density at radius 2 is 1.27 bits per heavy atom. The monoisotopic (exact) mass is 232 g/mol. The van der Waals surface area contributed by atoms with Gasteiger partial charge in [0.2, 0.25) is 0 Å². The SMILES string of the molecule is SCCCBr.c1ccccc1. The van der Waals surface area contributed by atoms with Gasteiger partial charge in [-0.2, -0.15) is 12.6 Å². The molecule has 0 heterocycles. The molecule has 0 aliphatic rings. The molecule has 0 unspecified atom stereocenters. The zero-order chi connectivity index (χ0) is 8.36. The highest BCUT2D eigenvalue weighted by Gasteiger charge is 1.70. The van der Waals surface area contributed by atoms with E-state index in [0.717, 1.165) is 11.1 Å². The Kier molecular flexibility index (Phi) is 10.1. The molecule has 0 N–H and O–H groups in total. The molecule has 0 saturated heterocycles. The molecule has 11 heavy (non-hydrogen) atoms. The van der Waals surface area contributed by atoms with Gasteiger partial charge >= 0.3 is 0 Å². The van der Waals surface area contributed by atoms with Gasteiger partial charge < -0.3 is 0 Å². The van der Waals surface area contributed by atoms with Gasteiger partial charge in [0.05, 0.1) is 0 Å². The second-order valence-corrected chi connectivity index (χ2v) is 3.16. The van der Waals surface area contributed by atoms with Gasteiger partial charge in [-0.3, -0.25) is 0 Å². The Morgan fingerprint density at radius 3 is 1.36 bits per heavy atom. The van der Waals surface area contributed by atoms with E-state index in [4.69, 9.17) is 0 Å². The van der Waals surface area contributed by atoms with E-state index >= 15 is 0 Å². The summed E-state index contributed by atoms with van der Waals surface area (Å²) in [5.74, 6) is 0.991. The minimum Gasteiger partial charge on any atom is -0.179 e. The van der Waals surface area contributed by atoms with Crippen molar-refractivity contribution in [3.05, 3.63) is 36.4 Å². The van der Waals surface area contributed by atoms with Crippen LogP contribution in [0.3, 0.4) is 0 Å². The molecule has 0 aromatic heterocycles. The summed E-state index contributed by atoms with van der Waals surface area (Å²) in [7, 11) is 0. The molecule has 0 aliphatic carbocycles. The molecular weight excluding hydrogens is 220 g/mol. The highest BCUT2D eigenvalue weighted by molar-refractivity contribution is 9.09. The second kappa shape index (κ2) is 10.0. The topological polar surface area (TPSA) is 0 Å². The number of thiol groups is 1. The van der Waals surface area contributed by atoms with E-state index in [2.05, 4.69) is 28.6 Å². The lowest BCUT2D eigenvalue weighted by molar-refractivity contribution is 1.14. The van der Waals surface area contributed by atoms with Crippen LogP contribution < -0.4 is 0 Å². The van der Waals surface area contributed by atoms with Gasteiger partial charge in [-0.25, -0.2) is 0 Å². The van der Waals surface area contributed by atoms with E-state index in [-0.39, 0.29) is 0 Å². The predicted octanol–water partition coefficient (Wildman–Crippen LogP) is 3.39. The predicted molar refractivity (Wildman–Crippen MR) is 58.7 cm³/mol. The molecule has 0 bridgehead atoms. The van der Waals surface area contributed by atoms with Gasteiger partial charge in [0.1, 0.15) is 0 Å². The first kappa shape index (κ1) is 11.1. The Balaban J connectivity index is 0.000000187. The van der Waals surface area contributed by atoms with Gasteiger partial charge in [-0.05, 0) is 12.2 Å². The molecule has 0 saturated carbocycles. The van der Waals surface area contributed by atoms with Crippen molar-refractivity contribution in [2.24, 2.45) is 0 Å². The fraction of sp³-hybridized carbons (Fsp3) is 0.333. The zero-order valence-electron chi connectivity index (χ0n) is 6.41. The van der Waals surface area contributed by atoms with E-state index < -0.39 is 0 Å². The minimum absolute atomic E-state index is 0.991. The Hall–Kier alpha value is 0.0500. The molecule has 0 nitrogen and oxygen atoms in total. The minimum atomic E-state index is 0.991. The average Bonchev–Trinajstić information content (AvgIpc) is 2.10. The maximum Gasteiger partial charge on any atom is 0.00390 e. The van der Waals surface area contributed by atoms with Crippen molar-refractivity contribution in [1.82, 2.24) is 0 Å². The van der Waals surface area contributed by atoms with Crippen LogP contribution in [-0.2, 0) is 0 Å². The molecule has 0 radical (unpaired) electrons. The number of benzene rings is 1. The fourth-order valence-electron chi connectivity index (χ4n) is 0.445. The Labute approximate surface area is 82.6 Å². The van der Waals surface area contributed by atoms with Crippen LogP contribution in [0.4, 0.5) is 0 Å². The molecular formula is C9H13BrS. The first-order chi connectivity index (χ1) is 5.41. The summed E-state index contributed by atoms with van der Waals surface area (Å²) in [6.07, 6.45) is 1.17. The van der Waals surface area contributed by atoms with Gasteiger partial charge in [0, 0.05) is 5.33 Å². The van der Waals surface area contributed by atoms with Crippen LogP contribution in [0.5, 0.6) is 0 Å². The van der Waals surface area contributed by atoms with E-state index in [1.165, 1.54) is 6.42 Å². The number of halogens is 1. The zero-order valence-corrected chi connectivity index (χ0v) is 8.89. The van der Waals surface area contributed by atoms with Crippen molar-refractivity contribution in [2.45, 2.75) is 6.42 Å². The fourth-order valence-corrected chi connectivity index (χ4v) is 1.32. The number of hydrogen-bond donors (Lipinski definition) is 1. The van der Waals surface area contributed by atoms with E-state index in [9.17, 15) is 0 Å². The smallest absolute Gasteiger partial charge is 0.00390 e. The summed E-state index contributed by atoms with van der Waals surface area (Å²) in [5, 5.41) is 1.08. The lowest BCUT2D eigenvalue weighted by Gasteiger charge is -1.77. The summed E-state index contributed by atoms with van der Waals surface area (Å²) in [5.41, 5.74) is 0. The van der Waals surface area contributed by atoms with Gasteiger partial charge in [-0.15, -0.1) is 0 Å². The van der Waals surface area contributed by atoms with Crippen LogP contribution >= 0.6 is 28.6 Å². The lowest BCUT2D eigenvalue weighted by Crippen LogP contribution is -1.70. The molecule has 0 spiro atoms. The number of rotatable bonds is 2. The van der Waals surface area contributed by atoms with Crippen molar-refractivity contribution in [3.63, 3.8) is 0 Å². The first-order valence-corrected chi connectivity index (χ1v) is 5.34. The highest BCUT2D eigenvalue weighted by Crippen LogP contribution is 1.87. The number of alkyl halides is 1. The molecule has 0 atom stereocenters. The van der Waals surface area contributed by atoms with Crippen molar-refractivity contribution >= 4 is 28.6 Å². The summed E-state index contributed by atoms with van der Waals surface area (Å²) >= 11 is 7.23. The highest BCUT2D eigenvalue weighted by atomic mass is 79.9. The van der Waals surface area contributed by atoms with Crippen molar-refractivity contribution in [2.75, 3.05) is 11.1 Å². The van der Waals surface area contributed by atoms with Crippen molar-refractivity contribution in [1.29, 1.82) is 0 Å². The summed E-state index contributed by atoms with van der Waals surface area (Å²) in [4.78, 5) is 0. The van der Waals surface area contributed by atoms with Crippen LogP contribution in [0.25, 0.3) is 0 Å². The second-order valence-electron chi connectivity index (χ2n) is 1.92. The van der Waals surface area contributed by atoms with Crippen molar-refractivity contribution in [3.8, 4) is 0 Å². The third-order valence-electron chi connectivity index (χ3n) is 0.958. The average molecular weight is 233 g/mol. The summed E-state index contributed by atoms with van der Waals surface area (Å²) < 4.78 is 0. The summed E-state index contributed by atoms with van der Waals surface area (Å²) in [6, 6.07) is 12.0. The van der Waals surface area contributed by atoms with Gasteiger partial charge in [0.25, 0.3) is 0 Å². The molecule has 2 heteroatoms. The van der Waals surface area contributed by atoms with E-state index in [0.29, 0.717) is 0 Å². The third-order valence-corrected chi connectivity index (χ3v) is 1.84. The maximum atomic E-state index is 3.97. The molecule has 62 valence electrons. The lowest BCUT2D eigenvalue weighted by atomic mass is 10.4. The van der Waals surface area contributed by atoms with Crippen LogP contribution in [0.1, 0.15) is 6.42 Å². The first-order valence-electron chi connectivity index (χ1n) is 3.58. The quantitative estimate of drug-likeness (QED) is 0.587. The number of hydrogen-bond acceptors (Lipinski definition) is 1. The molecule has 1 aromatic rings. The van der Waals surface area contributed by atoms with Crippen LogP contribution in [-0.4, -0.2) is 11.1 Å². The molecule has 0 amide bonds. The maximum absolute atomic E-state index is 3.97. The Bertz CT molecular complexity index is 113. The molecule has 0 fully saturated rings. The largest absolute Gasteiger partial charge is 0.179 e. The van der Waals surface area contributed by atoms with E-state index in [1.807, 2.05) is 36.4 Å². The van der Waals surface area contributed by atoms with Crippen LogP contribution in [0.2, 0.25) is 0 Å². The molecule has 0 aliphatic heterocycles. The molecule has 1 rings (SSSR count).